The van der Waals surface area contributed by atoms with E-state index < -0.39 is 36.6 Å². The smallest absolute Gasteiger partial charge is 0.451 e. The Balaban J connectivity index is 2.69. The van der Waals surface area contributed by atoms with Gasteiger partial charge in [0.05, 0.1) is 6.04 Å². The zero-order chi connectivity index (χ0) is 19.9. The minimum absolute atomic E-state index is 0.0627. The second kappa shape index (κ2) is 9.71. The van der Waals surface area contributed by atoms with Gasteiger partial charge in [-0.3, -0.25) is 9.59 Å². The van der Waals surface area contributed by atoms with Crippen LogP contribution in [0, 0.1) is 5.92 Å². The lowest BCUT2D eigenvalue weighted by Crippen LogP contribution is -2.64. The van der Waals surface area contributed by atoms with Crippen molar-refractivity contribution >= 4 is 25.0 Å². The van der Waals surface area contributed by atoms with Gasteiger partial charge in [0.25, 0.3) is 0 Å². The summed E-state index contributed by atoms with van der Waals surface area (Å²) < 4.78 is 0. The number of piperidine rings is 1. The van der Waals surface area contributed by atoms with Crippen molar-refractivity contribution in [2.45, 2.75) is 43.6 Å². The Kier molecular flexibility index (Phi) is 8.28. The molecular weight excluding hydrogens is 345 g/mol. The molecule has 1 saturated heterocycles. The topological polar surface area (TPSA) is 205 Å². The number of nitrogens with zero attached hydrogens (tertiary/aromatic N) is 1. The van der Waals surface area contributed by atoms with Gasteiger partial charge in [-0.05, 0) is 31.5 Å². The fraction of sp³-hybridized carbons (Fsp3) is 0.786. The van der Waals surface area contributed by atoms with E-state index in [1.54, 1.807) is 0 Å². The molecule has 1 rings (SSSR count). The first kappa shape index (κ1) is 22.2. The van der Waals surface area contributed by atoms with Crippen LogP contribution in [0.2, 0.25) is 6.32 Å². The molecule has 1 aliphatic rings. The van der Waals surface area contributed by atoms with Crippen LogP contribution >= 0.6 is 0 Å². The molecule has 0 bridgehead atoms. The molecule has 10 N–H and O–H groups in total. The van der Waals surface area contributed by atoms with Gasteiger partial charge in [-0.25, -0.2) is 4.79 Å². The van der Waals surface area contributed by atoms with Gasteiger partial charge in [0.2, 0.25) is 5.91 Å². The molecule has 12 heteroatoms. The van der Waals surface area contributed by atoms with Gasteiger partial charge in [0, 0.05) is 19.6 Å². The third-order valence-electron chi connectivity index (χ3n) is 4.48. The van der Waals surface area contributed by atoms with E-state index in [4.69, 9.17) is 27.2 Å². The lowest BCUT2D eigenvalue weighted by Gasteiger charge is -2.42. The zero-order valence-electron chi connectivity index (χ0n) is 14.6. The molecule has 3 atom stereocenters. The van der Waals surface area contributed by atoms with E-state index in [1.165, 1.54) is 4.90 Å². The van der Waals surface area contributed by atoms with Crippen molar-refractivity contribution in [3.63, 3.8) is 0 Å². The van der Waals surface area contributed by atoms with Gasteiger partial charge in [-0.2, -0.15) is 0 Å². The van der Waals surface area contributed by atoms with Gasteiger partial charge in [0.1, 0.15) is 5.54 Å². The van der Waals surface area contributed by atoms with Crippen molar-refractivity contribution in [3.05, 3.63) is 0 Å². The lowest BCUT2D eigenvalue weighted by atomic mass is 9.75. The fourth-order valence-electron chi connectivity index (χ4n) is 3.15. The Morgan fingerprint density at radius 3 is 2.54 bits per heavy atom. The maximum atomic E-state index is 12.6. The minimum Gasteiger partial charge on any atom is -0.480 e. The first-order valence-corrected chi connectivity index (χ1v) is 8.51. The highest BCUT2D eigenvalue weighted by molar-refractivity contribution is 6.40. The minimum atomic E-state index is -1.60. The summed E-state index contributed by atoms with van der Waals surface area (Å²) in [5, 5.41) is 29.8. The molecule has 0 radical (unpaired) electrons. The Hall–Kier alpha value is -1.89. The van der Waals surface area contributed by atoms with Crippen molar-refractivity contribution in [1.82, 2.24) is 10.2 Å². The first-order chi connectivity index (χ1) is 12.0. The Labute approximate surface area is 152 Å². The molecular formula is C14H28BN5O6. The Morgan fingerprint density at radius 1 is 1.35 bits per heavy atom. The van der Waals surface area contributed by atoms with Gasteiger partial charge < -0.3 is 42.6 Å². The maximum absolute atomic E-state index is 12.6. The third kappa shape index (κ3) is 6.79. The van der Waals surface area contributed by atoms with Crippen LogP contribution in [0.5, 0.6) is 0 Å². The number of nitrogens with two attached hydrogens (primary N) is 3. The lowest BCUT2D eigenvalue weighted by molar-refractivity contribution is -0.149. The number of hydrogen-bond donors (Lipinski definition) is 7. The van der Waals surface area contributed by atoms with Crippen LogP contribution < -0.4 is 22.5 Å². The number of rotatable bonds is 9. The van der Waals surface area contributed by atoms with Crippen LogP contribution in [-0.4, -0.2) is 76.3 Å². The number of nitrogens with one attached hydrogen (secondary N) is 1. The van der Waals surface area contributed by atoms with Crippen LogP contribution in [-0.2, 0) is 9.59 Å². The predicted octanol–water partition coefficient (Wildman–Crippen LogP) is -2.74. The number of carbonyl (C=O) groups is 3. The number of primary amides is 1. The molecule has 11 nitrogen and oxygen atoms in total. The first-order valence-electron chi connectivity index (χ1n) is 8.51. The Morgan fingerprint density at radius 2 is 2.00 bits per heavy atom. The maximum Gasteiger partial charge on any atom is 0.451 e. The molecule has 1 unspecified atom stereocenters. The standard InChI is InChI=1S/C14H28BN5O6/c16-10(2-1-5-19-13(17)24)11(21)20-7-9(3-4-15(25)26)6-14(18,8-20)12(22)23/h9-10,25-26H,1-8,16,18H2,(H,22,23)(H3,17,19,24)/t9-,10?,14+/m0/s1. The number of carbonyl (C=O) groups excluding carboxylic acids is 2. The quantitative estimate of drug-likeness (QED) is 0.166. The number of carboxylic acid groups (broad SMARTS) is 1. The molecule has 0 aromatic rings. The summed E-state index contributed by atoms with van der Waals surface area (Å²) >= 11 is 0. The van der Waals surface area contributed by atoms with Crippen LogP contribution in [0.4, 0.5) is 4.79 Å². The van der Waals surface area contributed by atoms with E-state index in [2.05, 4.69) is 5.32 Å². The summed E-state index contributed by atoms with van der Waals surface area (Å²) in [6, 6.07) is -1.52. The van der Waals surface area contributed by atoms with Gasteiger partial charge in [-0.15, -0.1) is 0 Å². The van der Waals surface area contributed by atoms with E-state index in [9.17, 15) is 19.5 Å². The molecule has 1 aliphatic heterocycles. The molecule has 1 heterocycles. The van der Waals surface area contributed by atoms with Crippen molar-refractivity contribution in [2.75, 3.05) is 19.6 Å². The van der Waals surface area contributed by atoms with Crippen LogP contribution in [0.3, 0.4) is 0 Å². The third-order valence-corrected chi connectivity index (χ3v) is 4.48. The number of likely N-dealkylation sites (tertiary alicyclic amines) is 1. The predicted molar refractivity (Wildman–Crippen MR) is 93.7 cm³/mol. The molecule has 0 saturated carbocycles. The number of aliphatic carboxylic acids is 1. The molecule has 1 fully saturated rings. The van der Waals surface area contributed by atoms with Gasteiger partial charge in [-0.1, -0.05) is 6.42 Å². The summed E-state index contributed by atoms with van der Waals surface area (Å²) in [6.07, 6.45) is 1.26. The summed E-state index contributed by atoms with van der Waals surface area (Å²) in [7, 11) is -1.50. The van der Waals surface area contributed by atoms with E-state index in [1.807, 2.05) is 0 Å². The van der Waals surface area contributed by atoms with Gasteiger partial charge in [0.15, 0.2) is 0 Å². The highest BCUT2D eigenvalue weighted by Gasteiger charge is 2.44. The summed E-state index contributed by atoms with van der Waals surface area (Å²) in [5.74, 6) is -1.92. The largest absolute Gasteiger partial charge is 0.480 e. The summed E-state index contributed by atoms with van der Waals surface area (Å²) in [4.78, 5) is 36.0. The van der Waals surface area contributed by atoms with Gasteiger partial charge >= 0.3 is 19.1 Å². The summed E-state index contributed by atoms with van der Waals surface area (Å²) in [6.45, 7) is 0.376. The molecule has 26 heavy (non-hydrogen) atoms. The van der Waals surface area contributed by atoms with E-state index >= 15 is 0 Å². The Bertz CT molecular complexity index is 522. The highest BCUT2D eigenvalue weighted by atomic mass is 16.4. The van der Waals surface area contributed by atoms with Crippen LogP contribution in [0.15, 0.2) is 0 Å². The van der Waals surface area contributed by atoms with Crippen molar-refractivity contribution in [2.24, 2.45) is 23.1 Å². The molecule has 3 amide bonds. The average Bonchev–Trinajstić information content (AvgIpc) is 2.55. The van der Waals surface area contributed by atoms with Crippen LogP contribution in [0.1, 0.15) is 25.7 Å². The highest BCUT2D eigenvalue weighted by Crippen LogP contribution is 2.28. The fourth-order valence-corrected chi connectivity index (χ4v) is 3.15. The molecule has 0 aromatic heterocycles. The number of carboxylic acids is 1. The van der Waals surface area contributed by atoms with Crippen molar-refractivity contribution in [3.8, 4) is 0 Å². The second-order valence-corrected chi connectivity index (χ2v) is 6.85. The molecule has 0 aromatic carbocycles. The van der Waals surface area contributed by atoms with E-state index in [0.717, 1.165) is 0 Å². The number of hydrogen-bond acceptors (Lipinski definition) is 7. The molecule has 0 aliphatic carbocycles. The van der Waals surface area contributed by atoms with Crippen LogP contribution in [0.25, 0.3) is 0 Å². The zero-order valence-corrected chi connectivity index (χ0v) is 14.6. The van der Waals surface area contributed by atoms with E-state index in [0.29, 0.717) is 19.3 Å². The molecule has 148 valence electrons. The SMILES string of the molecule is NC(=O)NCCCC(N)C(=O)N1C[C@@H](CCB(O)O)C[C@](N)(C(=O)O)C1. The van der Waals surface area contributed by atoms with Crippen molar-refractivity contribution in [1.29, 1.82) is 0 Å². The summed E-state index contributed by atoms with van der Waals surface area (Å²) in [5.41, 5.74) is 15.2. The molecule has 0 spiro atoms. The number of urea groups is 1. The average molecular weight is 373 g/mol. The normalized spacial score (nSPS) is 24.0. The van der Waals surface area contributed by atoms with Crippen molar-refractivity contribution < 1.29 is 29.5 Å². The van der Waals surface area contributed by atoms with E-state index in [-0.39, 0.29) is 38.3 Å². The second-order valence-electron chi connectivity index (χ2n) is 6.85. The number of amides is 3. The monoisotopic (exact) mass is 373 g/mol.